The predicted molar refractivity (Wildman–Crippen MR) is 131 cm³/mol. The molecular weight excluding hydrogens is 517 g/mol. The standard InChI is InChI=1S/C23H26Cl2N5O2S.ClH/c1-29(2)33(31,32)23-17-20(24)22(16-21(23)25)28-27-19-8-6-18(7-9-19)10-11-26-12-15-30-13-4-3-5-14-30;/h3-9,13-14,16-17,26H,10-12,15H2,1-2H3;1H/q+1;/p-1. The minimum Gasteiger partial charge on any atom is -1.00 e. The van der Waals surface area contributed by atoms with E-state index in [1.54, 1.807) is 0 Å². The molecule has 2 aromatic carbocycles. The first-order valence-corrected chi connectivity index (χ1v) is 12.5. The summed E-state index contributed by atoms with van der Waals surface area (Å²) in [6.07, 6.45) is 5.01. The first kappa shape index (κ1) is 28.2. The van der Waals surface area contributed by atoms with Crippen LogP contribution in [0.5, 0.6) is 0 Å². The van der Waals surface area contributed by atoms with Crippen LogP contribution >= 0.6 is 23.2 Å². The molecule has 0 aliphatic rings. The van der Waals surface area contributed by atoms with Gasteiger partial charge in [0.25, 0.3) is 0 Å². The van der Waals surface area contributed by atoms with Gasteiger partial charge in [-0.3, -0.25) is 0 Å². The van der Waals surface area contributed by atoms with Crippen LogP contribution in [0.15, 0.2) is 82.1 Å². The summed E-state index contributed by atoms with van der Waals surface area (Å²) >= 11 is 12.4. The molecule has 3 aromatic rings. The average molecular weight is 543 g/mol. The first-order valence-electron chi connectivity index (χ1n) is 10.3. The quantitative estimate of drug-likeness (QED) is 0.241. The summed E-state index contributed by atoms with van der Waals surface area (Å²) in [5.41, 5.74) is 2.14. The Bertz CT molecular complexity index is 1210. The highest BCUT2D eigenvalue weighted by molar-refractivity contribution is 7.89. The van der Waals surface area contributed by atoms with Crippen molar-refractivity contribution in [3.8, 4) is 0 Å². The topological polar surface area (TPSA) is 78.0 Å². The summed E-state index contributed by atoms with van der Waals surface area (Å²) in [6.45, 7) is 2.71. The Balaban J connectivity index is 0.00000408. The Labute approximate surface area is 216 Å². The second kappa shape index (κ2) is 13.1. The van der Waals surface area contributed by atoms with Crippen molar-refractivity contribution in [1.82, 2.24) is 9.62 Å². The number of pyridine rings is 1. The van der Waals surface area contributed by atoms with E-state index in [0.717, 1.165) is 30.4 Å². The largest absolute Gasteiger partial charge is 1.00 e. The molecule has 3 rings (SSSR count). The van der Waals surface area contributed by atoms with Gasteiger partial charge in [-0.25, -0.2) is 17.3 Å². The Morgan fingerprint density at radius 2 is 1.62 bits per heavy atom. The number of rotatable bonds is 10. The molecule has 0 fully saturated rings. The number of hydrogen-bond donors (Lipinski definition) is 1. The van der Waals surface area contributed by atoms with Gasteiger partial charge in [-0.2, -0.15) is 5.11 Å². The molecule has 11 heteroatoms. The van der Waals surface area contributed by atoms with Crippen molar-refractivity contribution in [2.75, 3.05) is 27.2 Å². The molecule has 0 spiro atoms. The number of azo groups is 1. The van der Waals surface area contributed by atoms with Gasteiger partial charge in [0.2, 0.25) is 10.0 Å². The van der Waals surface area contributed by atoms with Crippen molar-refractivity contribution in [2.24, 2.45) is 10.2 Å². The zero-order valence-electron chi connectivity index (χ0n) is 18.8. The zero-order valence-corrected chi connectivity index (χ0v) is 21.9. The molecule has 0 unspecified atom stereocenters. The fourth-order valence-electron chi connectivity index (χ4n) is 2.98. The molecular formula is C23H26Cl3N5O2S. The highest BCUT2D eigenvalue weighted by Crippen LogP contribution is 2.35. The molecule has 0 aliphatic carbocycles. The molecule has 0 bridgehead atoms. The number of hydrogen-bond acceptors (Lipinski definition) is 5. The van der Waals surface area contributed by atoms with E-state index in [1.807, 2.05) is 42.5 Å². The maximum atomic E-state index is 12.3. The molecule has 7 nitrogen and oxygen atoms in total. The normalized spacial score (nSPS) is 11.7. The third kappa shape index (κ3) is 7.73. The monoisotopic (exact) mass is 541 g/mol. The molecule has 0 radical (unpaired) electrons. The Morgan fingerprint density at radius 1 is 0.941 bits per heavy atom. The maximum Gasteiger partial charge on any atom is 0.244 e. The lowest BCUT2D eigenvalue weighted by molar-refractivity contribution is -0.695. The van der Waals surface area contributed by atoms with E-state index in [9.17, 15) is 8.42 Å². The molecule has 0 atom stereocenters. The molecule has 0 amide bonds. The highest BCUT2D eigenvalue weighted by atomic mass is 35.5. The number of sulfonamides is 1. The highest BCUT2D eigenvalue weighted by Gasteiger charge is 2.22. The van der Waals surface area contributed by atoms with Gasteiger partial charge in [-0.1, -0.05) is 41.4 Å². The van der Waals surface area contributed by atoms with E-state index in [2.05, 4.69) is 32.5 Å². The van der Waals surface area contributed by atoms with Crippen LogP contribution in [0.3, 0.4) is 0 Å². The van der Waals surface area contributed by atoms with Gasteiger partial charge < -0.3 is 17.7 Å². The minimum atomic E-state index is -3.71. The van der Waals surface area contributed by atoms with Crippen LogP contribution in [0.4, 0.5) is 11.4 Å². The third-order valence-electron chi connectivity index (χ3n) is 4.88. The van der Waals surface area contributed by atoms with E-state index in [4.69, 9.17) is 23.2 Å². The second-order valence-electron chi connectivity index (χ2n) is 7.50. The molecule has 34 heavy (non-hydrogen) atoms. The van der Waals surface area contributed by atoms with Gasteiger partial charge >= 0.3 is 0 Å². The summed E-state index contributed by atoms with van der Waals surface area (Å²) in [6, 6.07) is 16.5. The van der Waals surface area contributed by atoms with E-state index >= 15 is 0 Å². The predicted octanol–water partition coefficient (Wildman–Crippen LogP) is 1.78. The van der Waals surface area contributed by atoms with E-state index < -0.39 is 10.0 Å². The van der Waals surface area contributed by atoms with E-state index in [1.165, 1.54) is 31.8 Å². The lowest BCUT2D eigenvalue weighted by Gasteiger charge is -2.13. The van der Waals surface area contributed by atoms with Crippen LogP contribution in [0.2, 0.25) is 10.0 Å². The lowest BCUT2D eigenvalue weighted by Crippen LogP contribution is -3.00. The fourth-order valence-corrected chi connectivity index (χ4v) is 4.66. The summed E-state index contributed by atoms with van der Waals surface area (Å²) in [5.74, 6) is 0. The first-order chi connectivity index (χ1) is 15.8. The van der Waals surface area contributed by atoms with Gasteiger partial charge in [0.1, 0.15) is 10.6 Å². The van der Waals surface area contributed by atoms with Crippen LogP contribution in [0, 0.1) is 0 Å². The number of aromatic nitrogens is 1. The van der Waals surface area contributed by atoms with Crippen molar-refractivity contribution < 1.29 is 25.4 Å². The smallest absolute Gasteiger partial charge is 0.244 e. The van der Waals surface area contributed by atoms with Crippen molar-refractivity contribution in [3.05, 3.63) is 82.6 Å². The number of benzene rings is 2. The van der Waals surface area contributed by atoms with E-state index in [-0.39, 0.29) is 27.3 Å². The van der Waals surface area contributed by atoms with Gasteiger partial charge in [-0.05, 0) is 42.8 Å². The number of nitrogens with zero attached hydrogens (tertiary/aromatic N) is 4. The van der Waals surface area contributed by atoms with Gasteiger partial charge in [0, 0.05) is 26.2 Å². The third-order valence-corrected chi connectivity index (χ3v) is 7.47. The Morgan fingerprint density at radius 3 is 2.26 bits per heavy atom. The van der Waals surface area contributed by atoms with Crippen LogP contribution < -0.4 is 22.3 Å². The molecule has 0 aliphatic heterocycles. The van der Waals surface area contributed by atoms with Gasteiger partial charge in [0.05, 0.1) is 22.3 Å². The lowest BCUT2D eigenvalue weighted by atomic mass is 10.1. The van der Waals surface area contributed by atoms with Crippen molar-refractivity contribution in [1.29, 1.82) is 0 Å². The van der Waals surface area contributed by atoms with Crippen molar-refractivity contribution in [2.45, 2.75) is 17.9 Å². The minimum absolute atomic E-state index is 0. The molecule has 1 aromatic heterocycles. The Hall–Kier alpha value is -2.07. The molecule has 0 saturated carbocycles. The van der Waals surface area contributed by atoms with Gasteiger partial charge in [0.15, 0.2) is 18.9 Å². The van der Waals surface area contributed by atoms with E-state index in [0.29, 0.717) is 11.4 Å². The molecule has 0 saturated heterocycles. The number of nitrogens with one attached hydrogen (secondary N) is 1. The van der Waals surface area contributed by atoms with Crippen LogP contribution in [-0.2, 0) is 23.0 Å². The molecule has 1 heterocycles. The van der Waals surface area contributed by atoms with Crippen LogP contribution in [0.1, 0.15) is 5.56 Å². The summed E-state index contributed by atoms with van der Waals surface area (Å²) in [4.78, 5) is -0.0709. The summed E-state index contributed by atoms with van der Waals surface area (Å²) in [7, 11) is -0.852. The molecule has 182 valence electrons. The second-order valence-corrected chi connectivity index (χ2v) is 10.4. The van der Waals surface area contributed by atoms with Crippen molar-refractivity contribution >= 4 is 44.6 Å². The zero-order chi connectivity index (χ0) is 23.8. The fraction of sp³-hybridized carbons (Fsp3) is 0.261. The summed E-state index contributed by atoms with van der Waals surface area (Å²) in [5, 5.41) is 12.0. The maximum absolute atomic E-state index is 12.3. The van der Waals surface area contributed by atoms with Crippen molar-refractivity contribution in [3.63, 3.8) is 0 Å². The average Bonchev–Trinajstić information content (AvgIpc) is 2.80. The van der Waals surface area contributed by atoms with Crippen LogP contribution in [0.25, 0.3) is 0 Å². The van der Waals surface area contributed by atoms with Gasteiger partial charge in [-0.15, -0.1) is 5.11 Å². The SMILES string of the molecule is CN(C)S(=O)(=O)c1cc(Cl)c(N=Nc2ccc(CCNCC[n+]3ccccc3)cc2)cc1Cl.[Cl-]. The molecule has 1 N–H and O–H groups in total. The Kier molecular flexibility index (Phi) is 10.9. The number of halogens is 3. The van der Waals surface area contributed by atoms with Crippen LogP contribution in [-0.4, -0.2) is 39.9 Å². The summed E-state index contributed by atoms with van der Waals surface area (Å²) < 4.78 is 27.9.